The Morgan fingerprint density at radius 2 is 2.22 bits per heavy atom. The van der Waals surface area contributed by atoms with E-state index in [4.69, 9.17) is 11.6 Å². The summed E-state index contributed by atoms with van der Waals surface area (Å²) in [5.41, 5.74) is 0. The first-order valence-electron chi connectivity index (χ1n) is 7.16. The molecule has 1 saturated carbocycles. The quantitative estimate of drug-likeness (QED) is 0.823. The normalized spacial score (nSPS) is 28.5. The Labute approximate surface area is 120 Å². The molecular formula is C15H24ClNS. The van der Waals surface area contributed by atoms with Gasteiger partial charge in [-0.05, 0) is 62.6 Å². The number of hydrogen-bond donors (Lipinski definition) is 1. The maximum atomic E-state index is 6.03. The summed E-state index contributed by atoms with van der Waals surface area (Å²) in [5, 5.41) is 3.74. The molecule has 0 aromatic carbocycles. The summed E-state index contributed by atoms with van der Waals surface area (Å²) in [6, 6.07) is 4.94. The molecule has 1 fully saturated rings. The van der Waals surface area contributed by atoms with Crippen LogP contribution in [0, 0.1) is 11.8 Å². The van der Waals surface area contributed by atoms with Gasteiger partial charge >= 0.3 is 0 Å². The molecule has 3 atom stereocenters. The lowest BCUT2D eigenvalue weighted by atomic mass is 9.77. The first-order chi connectivity index (χ1) is 8.69. The van der Waals surface area contributed by atoms with Crippen molar-refractivity contribution in [3.63, 3.8) is 0 Å². The third-order valence-electron chi connectivity index (χ3n) is 3.99. The lowest BCUT2D eigenvalue weighted by molar-refractivity contribution is 0.213. The third-order valence-corrected chi connectivity index (χ3v) is 5.25. The Morgan fingerprint density at radius 1 is 1.39 bits per heavy atom. The molecule has 0 saturated heterocycles. The van der Waals surface area contributed by atoms with Crippen LogP contribution in [-0.2, 0) is 6.42 Å². The van der Waals surface area contributed by atoms with E-state index in [9.17, 15) is 0 Å². The highest BCUT2D eigenvalue weighted by Crippen LogP contribution is 2.33. The van der Waals surface area contributed by atoms with Gasteiger partial charge in [-0.1, -0.05) is 25.4 Å². The van der Waals surface area contributed by atoms with E-state index in [0.29, 0.717) is 6.04 Å². The van der Waals surface area contributed by atoms with E-state index in [1.807, 2.05) is 6.07 Å². The van der Waals surface area contributed by atoms with Gasteiger partial charge < -0.3 is 5.32 Å². The minimum Gasteiger partial charge on any atom is -0.314 e. The zero-order valence-electron chi connectivity index (χ0n) is 11.4. The number of halogens is 1. The average molecular weight is 286 g/mol. The molecule has 0 aliphatic heterocycles. The van der Waals surface area contributed by atoms with Gasteiger partial charge in [-0.25, -0.2) is 0 Å². The zero-order valence-corrected chi connectivity index (χ0v) is 13.0. The van der Waals surface area contributed by atoms with Crippen LogP contribution in [0.1, 0.15) is 44.4 Å². The summed E-state index contributed by atoms with van der Waals surface area (Å²) >= 11 is 7.78. The maximum Gasteiger partial charge on any atom is 0.0931 e. The molecule has 1 aromatic heterocycles. The van der Waals surface area contributed by atoms with Gasteiger partial charge in [0, 0.05) is 10.9 Å². The smallest absolute Gasteiger partial charge is 0.0931 e. The Hall–Kier alpha value is -0.0500. The number of hydrogen-bond acceptors (Lipinski definition) is 2. The monoisotopic (exact) mass is 285 g/mol. The Bertz CT molecular complexity index is 361. The van der Waals surface area contributed by atoms with Gasteiger partial charge in [0.25, 0.3) is 0 Å². The van der Waals surface area contributed by atoms with Crippen molar-refractivity contribution in [2.24, 2.45) is 11.8 Å². The molecule has 2 rings (SSSR count). The molecule has 1 nitrogen and oxygen atoms in total. The van der Waals surface area contributed by atoms with Gasteiger partial charge in [0.05, 0.1) is 4.34 Å². The van der Waals surface area contributed by atoms with E-state index in [1.54, 1.807) is 11.3 Å². The van der Waals surface area contributed by atoms with Gasteiger partial charge in [-0.3, -0.25) is 0 Å². The summed E-state index contributed by atoms with van der Waals surface area (Å²) in [4.78, 5) is 1.45. The molecule has 1 aromatic rings. The predicted octanol–water partition coefficient (Wildman–Crippen LogP) is 4.75. The van der Waals surface area contributed by atoms with E-state index in [-0.39, 0.29) is 0 Å². The van der Waals surface area contributed by atoms with E-state index < -0.39 is 0 Å². The molecule has 0 radical (unpaired) electrons. The standard InChI is InChI=1S/C15H24ClNS/c1-3-8-17-14-6-4-11(2)9-12(14)10-13-5-7-15(16)18-13/h5,7,11-12,14,17H,3-4,6,8-10H2,1-2H3. The van der Waals surface area contributed by atoms with Gasteiger partial charge in [0.2, 0.25) is 0 Å². The topological polar surface area (TPSA) is 12.0 Å². The number of thiophene rings is 1. The van der Waals surface area contributed by atoms with E-state index in [1.165, 1.54) is 37.0 Å². The highest BCUT2D eigenvalue weighted by atomic mass is 35.5. The zero-order chi connectivity index (χ0) is 13.0. The number of nitrogens with one attached hydrogen (secondary N) is 1. The highest BCUT2D eigenvalue weighted by Gasteiger charge is 2.28. The lowest BCUT2D eigenvalue weighted by Crippen LogP contribution is -2.41. The lowest BCUT2D eigenvalue weighted by Gasteiger charge is -2.35. The average Bonchev–Trinajstić information content (AvgIpc) is 2.74. The Morgan fingerprint density at radius 3 is 2.89 bits per heavy atom. The third kappa shape index (κ3) is 3.97. The summed E-state index contributed by atoms with van der Waals surface area (Å²) in [5.74, 6) is 1.67. The largest absolute Gasteiger partial charge is 0.314 e. The van der Waals surface area contributed by atoms with Crippen LogP contribution in [0.25, 0.3) is 0 Å². The van der Waals surface area contributed by atoms with E-state index >= 15 is 0 Å². The first-order valence-corrected chi connectivity index (χ1v) is 8.36. The maximum absolute atomic E-state index is 6.03. The second kappa shape index (κ2) is 6.93. The van der Waals surface area contributed by atoms with Crippen molar-refractivity contribution in [3.05, 3.63) is 21.3 Å². The molecule has 1 heterocycles. The molecule has 1 N–H and O–H groups in total. The van der Waals surface area contributed by atoms with Crippen LogP contribution in [0.3, 0.4) is 0 Å². The Kier molecular flexibility index (Phi) is 5.53. The van der Waals surface area contributed by atoms with Crippen LogP contribution in [0.4, 0.5) is 0 Å². The molecule has 1 aliphatic rings. The van der Waals surface area contributed by atoms with Crippen molar-refractivity contribution in [3.8, 4) is 0 Å². The minimum absolute atomic E-state index is 0.710. The van der Waals surface area contributed by atoms with Gasteiger partial charge in [-0.15, -0.1) is 11.3 Å². The molecule has 0 spiro atoms. The first kappa shape index (κ1) is 14.4. The summed E-state index contributed by atoms with van der Waals surface area (Å²) in [7, 11) is 0. The molecule has 18 heavy (non-hydrogen) atoms. The molecule has 3 unspecified atom stereocenters. The summed E-state index contributed by atoms with van der Waals surface area (Å²) < 4.78 is 0.923. The van der Waals surface area contributed by atoms with Crippen molar-refractivity contribution in [2.45, 2.75) is 52.0 Å². The number of rotatable bonds is 5. The fraction of sp³-hybridized carbons (Fsp3) is 0.733. The van der Waals surface area contributed by atoms with E-state index in [2.05, 4.69) is 25.2 Å². The van der Waals surface area contributed by atoms with Crippen LogP contribution in [0.5, 0.6) is 0 Å². The predicted molar refractivity (Wildman–Crippen MR) is 81.6 cm³/mol. The molecule has 1 aliphatic carbocycles. The summed E-state index contributed by atoms with van der Waals surface area (Å²) in [6.45, 7) is 5.79. The molecular weight excluding hydrogens is 262 g/mol. The van der Waals surface area contributed by atoms with Crippen LogP contribution < -0.4 is 5.32 Å². The SMILES string of the molecule is CCCNC1CCC(C)CC1Cc1ccc(Cl)s1. The Balaban J connectivity index is 1.96. The molecule has 0 bridgehead atoms. The fourth-order valence-electron chi connectivity index (χ4n) is 3.04. The van der Waals surface area contributed by atoms with Crippen molar-refractivity contribution in [1.29, 1.82) is 0 Å². The fourth-order valence-corrected chi connectivity index (χ4v) is 4.22. The molecule has 102 valence electrons. The summed E-state index contributed by atoms with van der Waals surface area (Å²) in [6.07, 6.45) is 6.50. The van der Waals surface area contributed by atoms with E-state index in [0.717, 1.165) is 22.7 Å². The van der Waals surface area contributed by atoms with Crippen LogP contribution in [0.2, 0.25) is 4.34 Å². The van der Waals surface area contributed by atoms with Crippen molar-refractivity contribution >= 4 is 22.9 Å². The minimum atomic E-state index is 0.710. The second-order valence-electron chi connectivity index (χ2n) is 5.65. The highest BCUT2D eigenvalue weighted by molar-refractivity contribution is 7.16. The second-order valence-corrected chi connectivity index (χ2v) is 7.45. The van der Waals surface area contributed by atoms with Crippen LogP contribution >= 0.6 is 22.9 Å². The van der Waals surface area contributed by atoms with Crippen molar-refractivity contribution in [1.82, 2.24) is 5.32 Å². The van der Waals surface area contributed by atoms with Gasteiger partial charge in [0.1, 0.15) is 0 Å². The van der Waals surface area contributed by atoms with Gasteiger partial charge in [-0.2, -0.15) is 0 Å². The molecule has 3 heteroatoms. The van der Waals surface area contributed by atoms with Crippen LogP contribution in [0.15, 0.2) is 12.1 Å². The van der Waals surface area contributed by atoms with Gasteiger partial charge in [0.15, 0.2) is 0 Å². The van der Waals surface area contributed by atoms with Crippen molar-refractivity contribution in [2.75, 3.05) is 6.54 Å². The molecule has 0 amide bonds. The van der Waals surface area contributed by atoms with Crippen LogP contribution in [-0.4, -0.2) is 12.6 Å². The van der Waals surface area contributed by atoms with Crippen molar-refractivity contribution < 1.29 is 0 Å².